The van der Waals surface area contributed by atoms with Crippen molar-refractivity contribution in [2.75, 3.05) is 0 Å². The first-order valence-electron chi connectivity index (χ1n) is 5.34. The van der Waals surface area contributed by atoms with Crippen LogP contribution in [0.5, 0.6) is 11.6 Å². The number of carbonyl (C=O) groups excluding carboxylic acids is 1. The molecule has 0 amide bonds. The van der Waals surface area contributed by atoms with E-state index in [1.54, 1.807) is 36.4 Å². The van der Waals surface area contributed by atoms with Crippen LogP contribution < -0.4 is 4.74 Å². The first-order chi connectivity index (χ1) is 8.72. The first-order valence-corrected chi connectivity index (χ1v) is 5.34. The van der Waals surface area contributed by atoms with Gasteiger partial charge in [0.15, 0.2) is 0 Å². The molecule has 18 heavy (non-hydrogen) atoms. The van der Waals surface area contributed by atoms with Crippen LogP contribution in [-0.4, -0.2) is 11.3 Å². The Kier molecular flexibility index (Phi) is 3.35. The van der Waals surface area contributed by atoms with E-state index in [1.165, 1.54) is 0 Å². The molecule has 1 aromatic heterocycles. The van der Waals surface area contributed by atoms with Gasteiger partial charge in [-0.1, -0.05) is 12.1 Å². The summed E-state index contributed by atoms with van der Waals surface area (Å²) in [6, 6.07) is 12.1. The highest BCUT2D eigenvalue weighted by molar-refractivity contribution is 5.75. The second kappa shape index (κ2) is 5.11. The van der Waals surface area contributed by atoms with Gasteiger partial charge in [0.1, 0.15) is 23.7 Å². The normalized spacial score (nSPS) is 9.56. The Morgan fingerprint density at radius 2 is 2.17 bits per heavy atom. The van der Waals surface area contributed by atoms with Crippen LogP contribution in [0.25, 0.3) is 0 Å². The SMILES string of the molecule is Cc1ccc(C#N)c(Oc2cccc(C=O)c2)n1. The van der Waals surface area contributed by atoms with E-state index < -0.39 is 0 Å². The van der Waals surface area contributed by atoms with Gasteiger partial charge in [0.2, 0.25) is 5.88 Å². The molecule has 0 fully saturated rings. The molecule has 0 aliphatic heterocycles. The Morgan fingerprint density at radius 1 is 1.33 bits per heavy atom. The number of aromatic nitrogens is 1. The third-order valence-electron chi connectivity index (χ3n) is 2.33. The highest BCUT2D eigenvalue weighted by Crippen LogP contribution is 2.23. The lowest BCUT2D eigenvalue weighted by Crippen LogP contribution is -1.94. The van der Waals surface area contributed by atoms with Gasteiger partial charge < -0.3 is 4.74 Å². The maximum Gasteiger partial charge on any atom is 0.237 e. The molecule has 0 aliphatic rings. The van der Waals surface area contributed by atoms with E-state index in [4.69, 9.17) is 10.00 Å². The quantitative estimate of drug-likeness (QED) is 0.771. The standard InChI is InChI=1S/C14H10N2O2/c1-10-5-6-12(8-15)14(16-10)18-13-4-2-3-11(7-13)9-17/h2-7,9H,1H3. The largest absolute Gasteiger partial charge is 0.438 e. The van der Waals surface area contributed by atoms with Crippen LogP contribution in [0.15, 0.2) is 36.4 Å². The van der Waals surface area contributed by atoms with Crippen molar-refractivity contribution in [1.29, 1.82) is 5.26 Å². The zero-order chi connectivity index (χ0) is 13.0. The van der Waals surface area contributed by atoms with Crippen LogP contribution in [0.3, 0.4) is 0 Å². The van der Waals surface area contributed by atoms with E-state index in [0.717, 1.165) is 12.0 Å². The lowest BCUT2D eigenvalue weighted by molar-refractivity contribution is 0.112. The average molecular weight is 238 g/mol. The number of nitriles is 1. The van der Waals surface area contributed by atoms with Crippen LogP contribution in [0, 0.1) is 18.3 Å². The molecular weight excluding hydrogens is 228 g/mol. The van der Waals surface area contributed by atoms with Crippen molar-refractivity contribution in [3.63, 3.8) is 0 Å². The van der Waals surface area contributed by atoms with Crippen molar-refractivity contribution in [3.8, 4) is 17.7 Å². The number of ether oxygens (including phenoxy) is 1. The van der Waals surface area contributed by atoms with Crippen molar-refractivity contribution in [1.82, 2.24) is 4.98 Å². The summed E-state index contributed by atoms with van der Waals surface area (Å²) in [5.41, 5.74) is 1.63. The van der Waals surface area contributed by atoms with Gasteiger partial charge in [-0.25, -0.2) is 4.98 Å². The molecule has 1 heterocycles. The third kappa shape index (κ3) is 2.53. The average Bonchev–Trinajstić information content (AvgIpc) is 2.39. The fourth-order valence-electron chi connectivity index (χ4n) is 1.46. The Balaban J connectivity index is 2.36. The third-order valence-corrected chi connectivity index (χ3v) is 2.33. The number of pyridine rings is 1. The highest BCUT2D eigenvalue weighted by Gasteiger charge is 2.07. The number of hydrogen-bond donors (Lipinski definition) is 0. The molecule has 1 aromatic carbocycles. The summed E-state index contributed by atoms with van der Waals surface area (Å²) in [5, 5.41) is 8.96. The molecule has 0 saturated heterocycles. The summed E-state index contributed by atoms with van der Waals surface area (Å²) >= 11 is 0. The molecule has 0 saturated carbocycles. The van der Waals surface area contributed by atoms with Crippen molar-refractivity contribution in [3.05, 3.63) is 53.2 Å². The van der Waals surface area contributed by atoms with Crippen molar-refractivity contribution in [2.24, 2.45) is 0 Å². The number of carbonyl (C=O) groups is 1. The van der Waals surface area contributed by atoms with Gasteiger partial charge in [0.05, 0.1) is 0 Å². The molecule has 0 spiro atoms. The summed E-state index contributed by atoms with van der Waals surface area (Å²) in [6.07, 6.45) is 0.738. The lowest BCUT2D eigenvalue weighted by atomic mass is 10.2. The number of benzene rings is 1. The molecule has 0 aliphatic carbocycles. The van der Waals surface area contributed by atoms with Crippen LogP contribution in [0.1, 0.15) is 21.6 Å². The maximum atomic E-state index is 10.7. The van der Waals surface area contributed by atoms with Gasteiger partial charge in [-0.3, -0.25) is 4.79 Å². The Labute approximate surface area is 104 Å². The summed E-state index contributed by atoms with van der Waals surface area (Å²) in [5.74, 6) is 0.731. The second-order valence-corrected chi connectivity index (χ2v) is 3.71. The highest BCUT2D eigenvalue weighted by atomic mass is 16.5. The Bertz CT molecular complexity index is 630. The molecule has 0 atom stereocenters. The molecule has 0 unspecified atom stereocenters. The number of hydrogen-bond acceptors (Lipinski definition) is 4. The Morgan fingerprint density at radius 3 is 2.89 bits per heavy atom. The van der Waals surface area contributed by atoms with Crippen molar-refractivity contribution < 1.29 is 9.53 Å². The predicted molar refractivity (Wildman–Crippen MR) is 65.6 cm³/mol. The van der Waals surface area contributed by atoms with Crippen LogP contribution in [0.2, 0.25) is 0 Å². The van der Waals surface area contributed by atoms with E-state index in [9.17, 15) is 4.79 Å². The molecule has 0 N–H and O–H groups in total. The predicted octanol–water partition coefficient (Wildman–Crippen LogP) is 2.87. The Hall–Kier alpha value is -2.67. The van der Waals surface area contributed by atoms with Gasteiger partial charge in [0, 0.05) is 11.3 Å². The summed E-state index contributed by atoms with van der Waals surface area (Å²) in [7, 11) is 0. The molecule has 0 radical (unpaired) electrons. The monoisotopic (exact) mass is 238 g/mol. The molecular formula is C14H10N2O2. The number of aldehydes is 1. The molecule has 2 aromatic rings. The minimum absolute atomic E-state index is 0.251. The zero-order valence-electron chi connectivity index (χ0n) is 9.75. The minimum Gasteiger partial charge on any atom is -0.438 e. The first kappa shape index (κ1) is 11.8. The van der Waals surface area contributed by atoms with E-state index >= 15 is 0 Å². The van der Waals surface area contributed by atoms with Gasteiger partial charge >= 0.3 is 0 Å². The second-order valence-electron chi connectivity index (χ2n) is 3.71. The number of nitrogens with zero attached hydrogens (tertiary/aromatic N) is 2. The van der Waals surface area contributed by atoms with E-state index in [1.807, 2.05) is 13.0 Å². The van der Waals surface area contributed by atoms with E-state index in [-0.39, 0.29) is 5.88 Å². The molecule has 0 bridgehead atoms. The summed E-state index contributed by atoms with van der Waals surface area (Å²) in [6.45, 7) is 1.82. The van der Waals surface area contributed by atoms with Crippen LogP contribution >= 0.6 is 0 Å². The zero-order valence-corrected chi connectivity index (χ0v) is 9.75. The molecule has 2 rings (SSSR count). The fraction of sp³-hybridized carbons (Fsp3) is 0.0714. The van der Waals surface area contributed by atoms with Gasteiger partial charge in [-0.05, 0) is 31.2 Å². The maximum absolute atomic E-state index is 10.7. The van der Waals surface area contributed by atoms with Crippen LogP contribution in [-0.2, 0) is 0 Å². The van der Waals surface area contributed by atoms with Crippen molar-refractivity contribution >= 4 is 6.29 Å². The summed E-state index contributed by atoms with van der Waals surface area (Å²) < 4.78 is 5.53. The van der Waals surface area contributed by atoms with Gasteiger partial charge in [0.25, 0.3) is 0 Å². The van der Waals surface area contributed by atoms with Gasteiger partial charge in [-0.15, -0.1) is 0 Å². The smallest absolute Gasteiger partial charge is 0.237 e. The minimum atomic E-state index is 0.251. The molecule has 4 nitrogen and oxygen atoms in total. The number of rotatable bonds is 3. The molecule has 4 heteroatoms. The summed E-state index contributed by atoms with van der Waals surface area (Å²) in [4.78, 5) is 14.8. The number of aryl methyl sites for hydroxylation is 1. The van der Waals surface area contributed by atoms with Crippen molar-refractivity contribution in [2.45, 2.75) is 6.92 Å². The lowest BCUT2D eigenvalue weighted by Gasteiger charge is -2.07. The topological polar surface area (TPSA) is 63.0 Å². The fourth-order valence-corrected chi connectivity index (χ4v) is 1.46. The van der Waals surface area contributed by atoms with E-state index in [0.29, 0.717) is 16.9 Å². The van der Waals surface area contributed by atoms with Crippen LogP contribution in [0.4, 0.5) is 0 Å². The van der Waals surface area contributed by atoms with Gasteiger partial charge in [-0.2, -0.15) is 5.26 Å². The van der Waals surface area contributed by atoms with E-state index in [2.05, 4.69) is 4.98 Å². The molecule has 88 valence electrons.